The summed E-state index contributed by atoms with van der Waals surface area (Å²) >= 11 is 0. The first-order valence-electron chi connectivity index (χ1n) is 9.24. The number of carboxylic acid groups (broad SMARTS) is 1. The third kappa shape index (κ3) is 3.39. The van der Waals surface area contributed by atoms with Crippen molar-refractivity contribution in [2.45, 2.75) is 13.0 Å². The molecule has 1 heterocycles. The maximum Gasteiger partial charge on any atom is 0.335 e. The summed E-state index contributed by atoms with van der Waals surface area (Å²) in [5.74, 6) is -1.75. The number of benzene rings is 3. The smallest absolute Gasteiger partial charge is 0.335 e. The Morgan fingerprint density at radius 3 is 2.45 bits per heavy atom. The third-order valence-electron chi connectivity index (χ3n) is 5.13. The largest absolute Gasteiger partial charge is 0.478 e. The van der Waals surface area contributed by atoms with Crippen LogP contribution in [-0.4, -0.2) is 41.4 Å². The summed E-state index contributed by atoms with van der Waals surface area (Å²) in [5, 5.41) is 10.5. The molecule has 1 aliphatic rings. The second-order valence-corrected chi connectivity index (χ2v) is 6.98. The number of rotatable bonds is 6. The number of nitrogens with zero attached hydrogens (tertiary/aromatic N) is 1. The second-order valence-electron chi connectivity index (χ2n) is 6.98. The van der Waals surface area contributed by atoms with E-state index in [0.717, 1.165) is 10.5 Å². The van der Waals surface area contributed by atoms with Gasteiger partial charge in [0, 0.05) is 7.05 Å². The van der Waals surface area contributed by atoms with Gasteiger partial charge in [0.05, 0.1) is 29.9 Å². The summed E-state index contributed by atoms with van der Waals surface area (Å²) in [5.41, 5.74) is 2.59. The van der Waals surface area contributed by atoms with E-state index in [2.05, 4.69) is 0 Å². The van der Waals surface area contributed by atoms with Crippen LogP contribution >= 0.6 is 0 Å². The number of carboxylic acids is 1. The summed E-state index contributed by atoms with van der Waals surface area (Å²) in [7, 11) is 1.46. The molecule has 0 radical (unpaired) electrons. The Bertz CT molecular complexity index is 1140. The summed E-state index contributed by atoms with van der Waals surface area (Å²) in [6.45, 7) is 0.823. The quantitative estimate of drug-likeness (QED) is 0.515. The first-order valence-corrected chi connectivity index (χ1v) is 9.24. The zero-order chi connectivity index (χ0) is 20.5. The lowest BCUT2D eigenvalue weighted by atomic mass is 9.93. The molecule has 0 aromatic heterocycles. The first-order chi connectivity index (χ1) is 14.0. The highest BCUT2D eigenvalue weighted by molar-refractivity contribution is 6.27. The Balaban J connectivity index is 1.68. The molecule has 0 saturated carbocycles. The Morgan fingerprint density at radius 1 is 1.00 bits per heavy atom. The van der Waals surface area contributed by atoms with Gasteiger partial charge in [-0.2, -0.15) is 0 Å². The molecule has 1 N–H and O–H groups in total. The molecule has 3 aromatic rings. The van der Waals surface area contributed by atoms with Gasteiger partial charge >= 0.3 is 5.97 Å². The maximum atomic E-state index is 12.7. The lowest BCUT2D eigenvalue weighted by molar-refractivity contribution is 0.0682. The minimum Gasteiger partial charge on any atom is -0.478 e. The van der Waals surface area contributed by atoms with Crippen LogP contribution in [0.4, 0.5) is 0 Å². The van der Waals surface area contributed by atoms with Crippen molar-refractivity contribution in [3.8, 4) is 0 Å². The maximum absolute atomic E-state index is 12.7. The Labute approximate surface area is 167 Å². The number of carbonyl (C=O) groups excluding carboxylic acids is 2. The van der Waals surface area contributed by atoms with E-state index >= 15 is 0 Å². The summed E-state index contributed by atoms with van der Waals surface area (Å²) in [6.07, 6.45) is 0.440. The predicted molar refractivity (Wildman–Crippen MR) is 107 cm³/mol. The van der Waals surface area contributed by atoms with Gasteiger partial charge in [-0.15, -0.1) is 0 Å². The molecule has 0 fully saturated rings. The van der Waals surface area contributed by atoms with Crippen LogP contribution in [0.2, 0.25) is 0 Å². The summed E-state index contributed by atoms with van der Waals surface area (Å²) in [6, 6.07) is 16.1. The molecular formula is C23H19NO5. The van der Waals surface area contributed by atoms with Crippen molar-refractivity contribution < 1.29 is 24.2 Å². The van der Waals surface area contributed by atoms with Gasteiger partial charge in [0.1, 0.15) is 0 Å². The van der Waals surface area contributed by atoms with Crippen LogP contribution < -0.4 is 0 Å². The van der Waals surface area contributed by atoms with Gasteiger partial charge in [0.15, 0.2) is 0 Å². The average Bonchev–Trinajstić information content (AvgIpc) is 2.96. The molecule has 146 valence electrons. The van der Waals surface area contributed by atoms with Gasteiger partial charge in [-0.1, -0.05) is 42.5 Å². The fraction of sp³-hybridized carbons (Fsp3) is 0.174. The summed E-state index contributed by atoms with van der Waals surface area (Å²) < 4.78 is 5.74. The fourth-order valence-electron chi connectivity index (χ4n) is 3.64. The lowest BCUT2D eigenvalue weighted by Gasteiger charge is -2.11. The molecule has 6 nitrogen and oxygen atoms in total. The zero-order valence-corrected chi connectivity index (χ0v) is 15.8. The predicted octanol–water partition coefficient (Wildman–Crippen LogP) is 3.52. The highest BCUT2D eigenvalue weighted by atomic mass is 16.5. The second kappa shape index (κ2) is 7.48. The van der Waals surface area contributed by atoms with Gasteiger partial charge in [-0.25, -0.2) is 4.79 Å². The minimum atomic E-state index is -1.04. The highest BCUT2D eigenvalue weighted by Gasteiger charge is 2.36. The van der Waals surface area contributed by atoms with E-state index in [4.69, 9.17) is 4.74 Å². The molecule has 4 rings (SSSR count). The normalized spacial score (nSPS) is 13.2. The number of fused-ring (bicyclic) bond motifs is 3. The minimum absolute atomic E-state index is 0.133. The molecule has 29 heavy (non-hydrogen) atoms. The van der Waals surface area contributed by atoms with Crippen molar-refractivity contribution in [2.75, 3.05) is 13.7 Å². The van der Waals surface area contributed by atoms with E-state index < -0.39 is 5.97 Å². The molecule has 0 unspecified atom stereocenters. The standard InChI is InChI=1S/C23H19NO5/c1-24-21(25)19-15(9-10-29-13-14-5-3-2-4-6-14)11-17-12-16(23(27)28)7-8-18(17)20(19)22(24)26/h2-8,11-12H,9-10,13H2,1H3,(H,27,28). The number of imide groups is 1. The van der Waals surface area contributed by atoms with Crippen LogP contribution in [0.3, 0.4) is 0 Å². The molecular weight excluding hydrogens is 370 g/mol. The highest BCUT2D eigenvalue weighted by Crippen LogP contribution is 2.33. The number of hydrogen-bond acceptors (Lipinski definition) is 4. The fourth-order valence-corrected chi connectivity index (χ4v) is 3.64. The van der Waals surface area contributed by atoms with E-state index in [-0.39, 0.29) is 17.4 Å². The molecule has 3 aromatic carbocycles. The van der Waals surface area contributed by atoms with Crippen LogP contribution in [0.15, 0.2) is 54.6 Å². The Morgan fingerprint density at radius 2 is 1.72 bits per heavy atom. The van der Waals surface area contributed by atoms with Crippen molar-refractivity contribution in [1.82, 2.24) is 4.90 Å². The van der Waals surface area contributed by atoms with Gasteiger partial charge in [-0.05, 0) is 40.5 Å². The molecule has 2 amide bonds. The molecule has 1 aliphatic heterocycles. The first kappa shape index (κ1) is 18.8. The molecule has 6 heteroatoms. The van der Waals surface area contributed by atoms with Crippen LogP contribution in [0.5, 0.6) is 0 Å². The van der Waals surface area contributed by atoms with Crippen molar-refractivity contribution in [2.24, 2.45) is 0 Å². The Kier molecular flexibility index (Phi) is 4.86. The van der Waals surface area contributed by atoms with Crippen molar-refractivity contribution >= 4 is 28.6 Å². The van der Waals surface area contributed by atoms with Gasteiger partial charge in [-0.3, -0.25) is 14.5 Å². The van der Waals surface area contributed by atoms with E-state index in [1.807, 2.05) is 30.3 Å². The van der Waals surface area contributed by atoms with Crippen molar-refractivity contribution in [1.29, 1.82) is 0 Å². The van der Waals surface area contributed by atoms with Gasteiger partial charge < -0.3 is 9.84 Å². The van der Waals surface area contributed by atoms with Gasteiger partial charge in [0.25, 0.3) is 11.8 Å². The zero-order valence-electron chi connectivity index (χ0n) is 15.8. The van der Waals surface area contributed by atoms with E-state index in [1.165, 1.54) is 19.2 Å². The average molecular weight is 389 g/mol. The lowest BCUT2D eigenvalue weighted by Crippen LogP contribution is -2.24. The van der Waals surface area contributed by atoms with E-state index in [9.17, 15) is 19.5 Å². The molecule has 0 saturated heterocycles. The number of hydrogen-bond donors (Lipinski definition) is 1. The van der Waals surface area contributed by atoms with Crippen LogP contribution in [-0.2, 0) is 17.8 Å². The molecule has 0 aliphatic carbocycles. The van der Waals surface area contributed by atoms with Gasteiger partial charge in [0.2, 0.25) is 0 Å². The van der Waals surface area contributed by atoms with Crippen molar-refractivity contribution in [3.05, 3.63) is 82.4 Å². The van der Waals surface area contributed by atoms with Crippen molar-refractivity contribution in [3.63, 3.8) is 0 Å². The van der Waals surface area contributed by atoms with E-state index in [0.29, 0.717) is 47.1 Å². The van der Waals surface area contributed by atoms with Crippen LogP contribution in [0.25, 0.3) is 10.8 Å². The van der Waals surface area contributed by atoms with Crippen LogP contribution in [0.1, 0.15) is 42.2 Å². The summed E-state index contributed by atoms with van der Waals surface area (Å²) in [4.78, 5) is 37.8. The van der Waals surface area contributed by atoms with Crippen LogP contribution in [0, 0.1) is 0 Å². The topological polar surface area (TPSA) is 83.9 Å². The number of ether oxygens (including phenoxy) is 1. The number of aromatic carboxylic acids is 1. The molecule has 0 atom stereocenters. The SMILES string of the molecule is CN1C(=O)c2c(CCOCc3ccccc3)cc3cc(C(=O)O)ccc3c2C1=O. The monoisotopic (exact) mass is 389 g/mol. The number of amides is 2. The molecule has 0 bridgehead atoms. The number of carbonyl (C=O) groups is 3. The third-order valence-corrected chi connectivity index (χ3v) is 5.13. The Hall–Kier alpha value is -3.51. The van der Waals surface area contributed by atoms with E-state index in [1.54, 1.807) is 12.1 Å². The molecule has 0 spiro atoms.